The fraction of sp³-hybridized carbons (Fsp3) is 0.172. The van der Waals surface area contributed by atoms with Crippen LogP contribution in [0.1, 0.15) is 16.7 Å². The van der Waals surface area contributed by atoms with Gasteiger partial charge in [-0.1, -0.05) is 66.7 Å². The lowest BCUT2D eigenvalue weighted by Crippen LogP contribution is -2.27. The number of nitrogens with zero attached hydrogens (tertiary/aromatic N) is 1. The van der Waals surface area contributed by atoms with Crippen molar-refractivity contribution in [2.75, 3.05) is 11.4 Å². The monoisotopic (exact) mass is 531 g/mol. The molecule has 0 aliphatic rings. The lowest BCUT2D eigenvalue weighted by Gasteiger charge is -2.28. The van der Waals surface area contributed by atoms with Gasteiger partial charge in [0.25, 0.3) is 0 Å². The number of ether oxygens (including phenoxy) is 2. The molecule has 9 heteroatoms. The minimum absolute atomic E-state index is 0.0162. The quantitative estimate of drug-likeness (QED) is 0.202. The van der Waals surface area contributed by atoms with Crippen LogP contribution in [-0.4, -0.2) is 12.9 Å². The Morgan fingerprint density at radius 2 is 1.18 bits per heavy atom. The molecule has 38 heavy (non-hydrogen) atoms. The van der Waals surface area contributed by atoms with Crippen molar-refractivity contribution >= 4 is 5.69 Å². The van der Waals surface area contributed by atoms with Gasteiger partial charge in [0, 0.05) is 18.7 Å². The third-order valence-corrected chi connectivity index (χ3v) is 5.71. The van der Waals surface area contributed by atoms with E-state index in [1.54, 1.807) is 59.5 Å². The van der Waals surface area contributed by atoms with Gasteiger partial charge in [-0.15, -0.1) is 13.2 Å². The Morgan fingerprint density at radius 3 is 1.87 bits per heavy atom. The molecule has 0 amide bonds. The van der Waals surface area contributed by atoms with Crippen molar-refractivity contribution in [1.29, 1.82) is 0 Å². The van der Waals surface area contributed by atoms with Gasteiger partial charge in [0.15, 0.2) is 5.75 Å². The number of hydrogen-bond acceptors (Lipinski definition) is 3. The predicted octanol–water partition coefficient (Wildman–Crippen LogP) is 8.65. The van der Waals surface area contributed by atoms with Gasteiger partial charge in [0.05, 0.1) is 11.3 Å². The van der Waals surface area contributed by atoms with Gasteiger partial charge in [-0.2, -0.15) is 13.2 Å². The van der Waals surface area contributed by atoms with E-state index in [1.165, 1.54) is 36.4 Å². The third kappa shape index (κ3) is 7.21. The average Bonchev–Trinajstić information content (AvgIpc) is 2.87. The maximum atomic E-state index is 13.6. The first-order valence-electron chi connectivity index (χ1n) is 11.7. The molecule has 0 spiro atoms. The lowest BCUT2D eigenvalue weighted by molar-refractivity contribution is -0.274. The molecule has 0 bridgehead atoms. The minimum atomic E-state index is -4.90. The number of para-hydroxylation sites is 4. The topological polar surface area (TPSA) is 21.7 Å². The van der Waals surface area contributed by atoms with Gasteiger partial charge in [-0.05, 0) is 48.4 Å². The Bertz CT molecular complexity index is 1340. The summed E-state index contributed by atoms with van der Waals surface area (Å²) in [5.41, 5.74) is 0.0342. The molecule has 0 aromatic heterocycles. The van der Waals surface area contributed by atoms with Crippen LogP contribution in [0.5, 0.6) is 17.2 Å². The average molecular weight is 531 g/mol. The van der Waals surface area contributed by atoms with Crippen molar-refractivity contribution in [3.05, 3.63) is 120 Å². The highest BCUT2D eigenvalue weighted by atomic mass is 19.4. The summed E-state index contributed by atoms with van der Waals surface area (Å²) in [5, 5.41) is 0. The van der Waals surface area contributed by atoms with E-state index in [-0.39, 0.29) is 36.4 Å². The van der Waals surface area contributed by atoms with Crippen LogP contribution >= 0.6 is 0 Å². The molecule has 0 saturated heterocycles. The molecule has 3 nitrogen and oxygen atoms in total. The highest BCUT2D eigenvalue weighted by Gasteiger charge is 2.34. The molecule has 4 aromatic carbocycles. The smallest absolute Gasteiger partial charge is 0.455 e. The third-order valence-electron chi connectivity index (χ3n) is 5.71. The Morgan fingerprint density at radius 1 is 0.605 bits per heavy atom. The SMILES string of the molecule is FC(F)(F)Oc1ccccc1CN(CCc1ccccc1C(F)(F)F)c1ccccc1Oc1ccccc1. The van der Waals surface area contributed by atoms with E-state index in [0.29, 0.717) is 17.2 Å². The van der Waals surface area contributed by atoms with E-state index in [2.05, 4.69) is 4.74 Å². The van der Waals surface area contributed by atoms with Crippen molar-refractivity contribution < 1.29 is 35.8 Å². The Hall–Kier alpha value is -4.14. The second kappa shape index (κ2) is 11.5. The van der Waals surface area contributed by atoms with Crippen LogP contribution in [0.3, 0.4) is 0 Å². The van der Waals surface area contributed by atoms with E-state index in [4.69, 9.17) is 4.74 Å². The molecular formula is C29H23F6NO2. The molecule has 4 aromatic rings. The molecule has 0 aliphatic heterocycles. The standard InChI is InChI=1S/C29H23F6NO2/c30-28(31,32)24-14-6-4-10-21(24)18-19-36(20-22-11-5-8-16-26(22)38-29(33,34)35)25-15-7-9-17-27(25)37-23-12-2-1-3-13-23/h1-17H,18-20H2. The number of hydrogen-bond donors (Lipinski definition) is 0. The summed E-state index contributed by atoms with van der Waals surface area (Å²) in [5.74, 6) is 0.544. The normalized spacial score (nSPS) is 11.7. The molecule has 0 aliphatic carbocycles. The fourth-order valence-electron chi connectivity index (χ4n) is 4.04. The Balaban J connectivity index is 1.70. The first-order chi connectivity index (χ1) is 18.1. The first-order valence-corrected chi connectivity index (χ1v) is 11.7. The zero-order valence-electron chi connectivity index (χ0n) is 20.0. The van der Waals surface area contributed by atoms with Crippen LogP contribution < -0.4 is 14.4 Å². The highest BCUT2D eigenvalue weighted by molar-refractivity contribution is 5.60. The van der Waals surface area contributed by atoms with Gasteiger partial charge in [0.2, 0.25) is 0 Å². The molecule has 0 saturated carbocycles. The first kappa shape index (κ1) is 26.9. The molecule has 4 rings (SSSR count). The van der Waals surface area contributed by atoms with Crippen LogP contribution in [-0.2, 0) is 19.1 Å². The van der Waals surface area contributed by atoms with Crippen molar-refractivity contribution in [3.8, 4) is 17.2 Å². The zero-order valence-corrected chi connectivity index (χ0v) is 20.0. The van der Waals surface area contributed by atoms with Crippen molar-refractivity contribution in [2.45, 2.75) is 25.5 Å². The van der Waals surface area contributed by atoms with E-state index < -0.39 is 18.1 Å². The summed E-state index contributed by atoms with van der Waals surface area (Å²) in [6.07, 6.45) is -9.46. The van der Waals surface area contributed by atoms with Gasteiger partial charge in [-0.3, -0.25) is 0 Å². The largest absolute Gasteiger partial charge is 0.573 e. The van der Waals surface area contributed by atoms with E-state index in [0.717, 1.165) is 6.07 Å². The second-order valence-electron chi connectivity index (χ2n) is 8.36. The van der Waals surface area contributed by atoms with Crippen molar-refractivity contribution in [2.24, 2.45) is 0 Å². The molecular weight excluding hydrogens is 508 g/mol. The minimum Gasteiger partial charge on any atom is -0.455 e. The van der Waals surface area contributed by atoms with Crippen LogP contribution in [0, 0.1) is 0 Å². The van der Waals surface area contributed by atoms with Gasteiger partial charge in [0.1, 0.15) is 11.5 Å². The predicted molar refractivity (Wildman–Crippen MR) is 132 cm³/mol. The van der Waals surface area contributed by atoms with E-state index >= 15 is 0 Å². The van der Waals surface area contributed by atoms with Gasteiger partial charge < -0.3 is 14.4 Å². The van der Waals surface area contributed by atoms with Gasteiger partial charge in [-0.25, -0.2) is 0 Å². The summed E-state index contributed by atoms with van der Waals surface area (Å²) >= 11 is 0. The fourth-order valence-corrected chi connectivity index (χ4v) is 4.04. The second-order valence-corrected chi connectivity index (χ2v) is 8.36. The van der Waals surface area contributed by atoms with Crippen LogP contribution in [0.2, 0.25) is 0 Å². The summed E-state index contributed by atoms with van der Waals surface area (Å²) in [7, 11) is 0. The van der Waals surface area contributed by atoms with E-state index in [1.807, 2.05) is 6.07 Å². The molecule has 0 heterocycles. The molecule has 0 fully saturated rings. The number of anilines is 1. The van der Waals surface area contributed by atoms with Crippen LogP contribution in [0.4, 0.5) is 32.0 Å². The maximum absolute atomic E-state index is 13.6. The highest BCUT2D eigenvalue weighted by Crippen LogP contribution is 2.36. The number of benzene rings is 4. The van der Waals surface area contributed by atoms with Gasteiger partial charge >= 0.3 is 12.5 Å². The molecule has 0 radical (unpaired) electrons. The summed E-state index contributed by atoms with van der Waals surface area (Å²) in [6.45, 7) is -0.0157. The number of alkyl halides is 6. The Labute approximate surface area is 215 Å². The number of rotatable bonds is 9. The molecule has 198 valence electrons. The summed E-state index contributed by atoms with van der Waals surface area (Å²) < 4.78 is 90.2. The maximum Gasteiger partial charge on any atom is 0.573 e. The zero-order chi connectivity index (χ0) is 27.2. The number of halogens is 6. The van der Waals surface area contributed by atoms with E-state index in [9.17, 15) is 26.3 Å². The van der Waals surface area contributed by atoms with Crippen molar-refractivity contribution in [3.63, 3.8) is 0 Å². The summed E-state index contributed by atoms with van der Waals surface area (Å²) in [6, 6.07) is 26.7. The lowest BCUT2D eigenvalue weighted by atomic mass is 10.0. The molecule has 0 N–H and O–H groups in total. The van der Waals surface area contributed by atoms with Crippen LogP contribution in [0.15, 0.2) is 103 Å². The van der Waals surface area contributed by atoms with Crippen molar-refractivity contribution in [1.82, 2.24) is 0 Å². The molecule has 0 unspecified atom stereocenters. The Kier molecular flexibility index (Phi) is 8.14. The van der Waals surface area contributed by atoms with Crippen LogP contribution in [0.25, 0.3) is 0 Å². The molecule has 0 atom stereocenters. The summed E-state index contributed by atoms with van der Waals surface area (Å²) in [4.78, 5) is 1.68.